The Hall–Kier alpha value is -0.710. The van der Waals surface area contributed by atoms with E-state index in [1.54, 1.807) is 0 Å². The third-order valence-electron chi connectivity index (χ3n) is 3.95. The zero-order valence-electron chi connectivity index (χ0n) is 13.3. The maximum atomic E-state index is 10.0. The van der Waals surface area contributed by atoms with Crippen molar-refractivity contribution in [3.8, 4) is 5.75 Å². The number of ether oxygens (including phenoxy) is 1. The van der Waals surface area contributed by atoms with E-state index in [1.807, 2.05) is 37.7 Å². The highest BCUT2D eigenvalue weighted by Gasteiger charge is 2.28. The van der Waals surface area contributed by atoms with Crippen LogP contribution in [0.5, 0.6) is 5.75 Å². The number of aryl methyl sites for hydroxylation is 2. The zero-order chi connectivity index (χ0) is 15.3. The standard InChI is InChI=1S/C17H27NO2S/c1-13-5-6-14(2)16(9-13)20-11-15(19)10-18-12-17(3)7-4-8-21-17/h5-6,9,15,18-19H,4,7-8,10-12H2,1-3H3. The number of thioether (sulfide) groups is 1. The zero-order valence-corrected chi connectivity index (χ0v) is 14.1. The van der Waals surface area contributed by atoms with Gasteiger partial charge in [0.05, 0.1) is 0 Å². The van der Waals surface area contributed by atoms with Crippen molar-refractivity contribution in [1.29, 1.82) is 0 Å². The van der Waals surface area contributed by atoms with Crippen molar-refractivity contribution < 1.29 is 9.84 Å². The van der Waals surface area contributed by atoms with Crippen molar-refractivity contribution in [2.24, 2.45) is 0 Å². The van der Waals surface area contributed by atoms with Crippen molar-refractivity contribution in [2.45, 2.75) is 44.5 Å². The molecule has 0 radical (unpaired) electrons. The fraction of sp³-hybridized carbons (Fsp3) is 0.647. The molecule has 0 bridgehead atoms. The summed E-state index contributed by atoms with van der Waals surface area (Å²) < 4.78 is 6.07. The van der Waals surface area contributed by atoms with Gasteiger partial charge in [0.25, 0.3) is 0 Å². The summed E-state index contributed by atoms with van der Waals surface area (Å²) in [6.07, 6.45) is 2.10. The third kappa shape index (κ3) is 5.20. The van der Waals surface area contributed by atoms with Crippen LogP contribution in [0, 0.1) is 13.8 Å². The van der Waals surface area contributed by atoms with Gasteiger partial charge in [-0.15, -0.1) is 0 Å². The topological polar surface area (TPSA) is 41.5 Å². The minimum absolute atomic E-state index is 0.334. The summed E-state index contributed by atoms with van der Waals surface area (Å²) >= 11 is 2.03. The van der Waals surface area contributed by atoms with Gasteiger partial charge in [0.1, 0.15) is 18.5 Å². The van der Waals surface area contributed by atoms with E-state index >= 15 is 0 Å². The molecule has 1 heterocycles. The molecule has 0 spiro atoms. The fourth-order valence-electron chi connectivity index (χ4n) is 2.59. The number of benzene rings is 1. The lowest BCUT2D eigenvalue weighted by molar-refractivity contribution is 0.105. The lowest BCUT2D eigenvalue weighted by Crippen LogP contribution is -2.39. The molecule has 118 valence electrons. The molecular weight excluding hydrogens is 282 g/mol. The highest BCUT2D eigenvalue weighted by molar-refractivity contribution is 8.00. The van der Waals surface area contributed by atoms with Crippen LogP contribution < -0.4 is 10.1 Å². The van der Waals surface area contributed by atoms with Crippen molar-refractivity contribution >= 4 is 11.8 Å². The molecule has 1 aliphatic heterocycles. The van der Waals surface area contributed by atoms with Crippen LogP contribution in [0.4, 0.5) is 0 Å². The van der Waals surface area contributed by atoms with E-state index in [0.717, 1.165) is 17.9 Å². The second-order valence-electron chi connectivity index (χ2n) is 6.27. The molecule has 2 unspecified atom stereocenters. The Morgan fingerprint density at radius 1 is 1.43 bits per heavy atom. The summed E-state index contributed by atoms with van der Waals surface area (Å²) in [5, 5.41) is 13.4. The van der Waals surface area contributed by atoms with E-state index < -0.39 is 6.10 Å². The smallest absolute Gasteiger partial charge is 0.122 e. The molecule has 0 amide bonds. The molecule has 0 saturated carbocycles. The summed E-state index contributed by atoms with van der Waals surface area (Å²) in [4.78, 5) is 0. The van der Waals surface area contributed by atoms with E-state index in [2.05, 4.69) is 18.3 Å². The number of hydrogen-bond donors (Lipinski definition) is 2. The summed E-state index contributed by atoms with van der Waals surface area (Å²) in [5.41, 5.74) is 2.28. The Morgan fingerprint density at radius 2 is 2.24 bits per heavy atom. The van der Waals surface area contributed by atoms with Crippen molar-refractivity contribution in [3.05, 3.63) is 29.3 Å². The Labute approximate surface area is 132 Å². The molecule has 1 aromatic carbocycles. The molecule has 2 rings (SSSR count). The SMILES string of the molecule is Cc1ccc(C)c(OCC(O)CNCC2(C)CCCS2)c1. The molecule has 1 saturated heterocycles. The Morgan fingerprint density at radius 3 is 2.95 bits per heavy atom. The number of aliphatic hydroxyl groups is 1. The number of hydrogen-bond acceptors (Lipinski definition) is 4. The first kappa shape index (κ1) is 16.7. The monoisotopic (exact) mass is 309 g/mol. The molecule has 0 aromatic heterocycles. The van der Waals surface area contributed by atoms with Crippen LogP contribution in [0.15, 0.2) is 18.2 Å². The van der Waals surface area contributed by atoms with Crippen LogP contribution in [-0.4, -0.2) is 41.4 Å². The Balaban J connectivity index is 1.69. The number of nitrogens with one attached hydrogen (secondary N) is 1. The van der Waals surface area contributed by atoms with E-state index in [4.69, 9.17) is 4.74 Å². The second-order valence-corrected chi connectivity index (χ2v) is 7.95. The van der Waals surface area contributed by atoms with Gasteiger partial charge in [0, 0.05) is 17.8 Å². The molecule has 3 nitrogen and oxygen atoms in total. The quantitative estimate of drug-likeness (QED) is 0.812. The largest absolute Gasteiger partial charge is 0.491 e. The minimum atomic E-state index is -0.472. The van der Waals surface area contributed by atoms with Gasteiger partial charge in [-0.1, -0.05) is 12.1 Å². The first-order valence-corrected chi connectivity index (χ1v) is 8.70. The number of rotatable bonds is 7. The summed E-state index contributed by atoms with van der Waals surface area (Å²) in [7, 11) is 0. The molecule has 21 heavy (non-hydrogen) atoms. The summed E-state index contributed by atoms with van der Waals surface area (Å²) in [5.74, 6) is 2.13. The summed E-state index contributed by atoms with van der Waals surface area (Å²) in [6.45, 7) is 8.25. The van der Waals surface area contributed by atoms with Crippen LogP contribution in [0.1, 0.15) is 30.9 Å². The van der Waals surface area contributed by atoms with Crippen molar-refractivity contribution in [1.82, 2.24) is 5.32 Å². The number of aliphatic hydroxyl groups excluding tert-OH is 1. The first-order chi connectivity index (χ1) is 9.98. The van der Waals surface area contributed by atoms with Crippen molar-refractivity contribution in [2.75, 3.05) is 25.4 Å². The first-order valence-electron chi connectivity index (χ1n) is 7.71. The average molecular weight is 309 g/mol. The van der Waals surface area contributed by atoms with Crippen LogP contribution in [0.25, 0.3) is 0 Å². The second kappa shape index (κ2) is 7.52. The maximum absolute atomic E-state index is 10.0. The van der Waals surface area contributed by atoms with Gasteiger partial charge < -0.3 is 15.2 Å². The lowest BCUT2D eigenvalue weighted by atomic mass is 10.1. The van der Waals surface area contributed by atoms with Crippen LogP contribution >= 0.6 is 11.8 Å². The lowest BCUT2D eigenvalue weighted by Gasteiger charge is -2.24. The molecule has 4 heteroatoms. The van der Waals surface area contributed by atoms with Gasteiger partial charge in [-0.25, -0.2) is 0 Å². The molecule has 0 aliphatic carbocycles. The minimum Gasteiger partial charge on any atom is -0.491 e. The Kier molecular flexibility index (Phi) is 5.97. The maximum Gasteiger partial charge on any atom is 0.122 e. The normalized spacial score (nSPS) is 23.2. The van der Waals surface area contributed by atoms with E-state index in [0.29, 0.717) is 17.9 Å². The molecule has 1 aliphatic rings. The van der Waals surface area contributed by atoms with Gasteiger partial charge in [-0.3, -0.25) is 0 Å². The van der Waals surface area contributed by atoms with E-state index in [-0.39, 0.29) is 0 Å². The fourth-order valence-corrected chi connectivity index (χ4v) is 3.86. The van der Waals surface area contributed by atoms with Gasteiger partial charge in [-0.05, 0) is 56.6 Å². The van der Waals surface area contributed by atoms with Crippen LogP contribution in [-0.2, 0) is 0 Å². The predicted octanol–water partition coefficient (Wildman–Crippen LogP) is 2.92. The van der Waals surface area contributed by atoms with E-state index in [9.17, 15) is 5.11 Å². The predicted molar refractivity (Wildman–Crippen MR) is 90.4 cm³/mol. The van der Waals surface area contributed by atoms with Gasteiger partial charge in [-0.2, -0.15) is 11.8 Å². The van der Waals surface area contributed by atoms with Crippen LogP contribution in [0.3, 0.4) is 0 Å². The average Bonchev–Trinajstić information content (AvgIpc) is 2.87. The van der Waals surface area contributed by atoms with Crippen molar-refractivity contribution in [3.63, 3.8) is 0 Å². The molecular formula is C17H27NO2S. The van der Waals surface area contributed by atoms with Crippen LogP contribution in [0.2, 0.25) is 0 Å². The Bertz CT molecular complexity index is 458. The van der Waals surface area contributed by atoms with Gasteiger partial charge >= 0.3 is 0 Å². The highest BCUT2D eigenvalue weighted by Crippen LogP contribution is 2.36. The molecule has 2 atom stereocenters. The third-order valence-corrected chi connectivity index (χ3v) is 5.49. The molecule has 2 N–H and O–H groups in total. The molecule has 1 aromatic rings. The summed E-state index contributed by atoms with van der Waals surface area (Å²) in [6, 6.07) is 6.14. The van der Waals surface area contributed by atoms with E-state index in [1.165, 1.54) is 24.2 Å². The van der Waals surface area contributed by atoms with Gasteiger partial charge in [0.15, 0.2) is 0 Å². The van der Waals surface area contributed by atoms with Gasteiger partial charge in [0.2, 0.25) is 0 Å². The molecule has 1 fully saturated rings. The highest BCUT2D eigenvalue weighted by atomic mass is 32.2.